The van der Waals surface area contributed by atoms with Crippen molar-refractivity contribution < 1.29 is 4.79 Å². The van der Waals surface area contributed by atoms with E-state index >= 15 is 0 Å². The quantitative estimate of drug-likeness (QED) is 0.741. The number of hydrogen-bond acceptors (Lipinski definition) is 2. The van der Waals surface area contributed by atoms with E-state index in [1.165, 1.54) is 5.56 Å². The van der Waals surface area contributed by atoms with Gasteiger partial charge in [-0.1, -0.05) is 41.9 Å². The smallest absolute Gasteiger partial charge is 0.227 e. The van der Waals surface area contributed by atoms with E-state index in [4.69, 9.17) is 11.6 Å². The summed E-state index contributed by atoms with van der Waals surface area (Å²) in [6.45, 7) is 6.37. The summed E-state index contributed by atoms with van der Waals surface area (Å²) in [5, 5.41) is 1.75. The number of aromatic nitrogens is 1. The van der Waals surface area contributed by atoms with Gasteiger partial charge in [0.1, 0.15) is 0 Å². The van der Waals surface area contributed by atoms with Crippen LogP contribution in [0.2, 0.25) is 5.02 Å². The second kappa shape index (κ2) is 7.75. The maximum Gasteiger partial charge on any atom is 0.227 e. The van der Waals surface area contributed by atoms with Gasteiger partial charge in [-0.05, 0) is 36.2 Å². The Labute approximate surface area is 164 Å². The predicted molar refractivity (Wildman–Crippen MR) is 110 cm³/mol. The lowest BCUT2D eigenvalue weighted by molar-refractivity contribution is -0.132. The second-order valence-electron chi connectivity index (χ2n) is 7.24. The number of carbonyl (C=O) groups is 1. The Morgan fingerprint density at radius 1 is 1.07 bits per heavy atom. The molecule has 1 saturated heterocycles. The van der Waals surface area contributed by atoms with E-state index in [2.05, 4.69) is 34.1 Å². The Morgan fingerprint density at radius 2 is 1.81 bits per heavy atom. The van der Waals surface area contributed by atoms with Crippen LogP contribution in [0.3, 0.4) is 0 Å². The first-order valence-corrected chi connectivity index (χ1v) is 9.79. The SMILES string of the molecule is Cc1[nH]c2ccc(Cl)cc2c1CC(=O)N1CCN(Cc2ccccc2)CC1. The number of halogens is 1. The largest absolute Gasteiger partial charge is 0.358 e. The van der Waals surface area contributed by atoms with Crippen molar-refractivity contribution in [2.24, 2.45) is 0 Å². The molecule has 1 aliphatic heterocycles. The Morgan fingerprint density at radius 3 is 2.56 bits per heavy atom. The van der Waals surface area contributed by atoms with Crippen LogP contribution in [0.5, 0.6) is 0 Å². The van der Waals surface area contributed by atoms with Gasteiger partial charge in [0.05, 0.1) is 6.42 Å². The lowest BCUT2D eigenvalue weighted by Gasteiger charge is -2.34. The Hall–Kier alpha value is -2.30. The first kappa shape index (κ1) is 18.1. The lowest BCUT2D eigenvalue weighted by Crippen LogP contribution is -2.48. The molecule has 1 aromatic heterocycles. The molecule has 0 aliphatic carbocycles. The molecule has 1 N–H and O–H groups in total. The molecule has 2 aromatic carbocycles. The third-order valence-corrected chi connectivity index (χ3v) is 5.62. The molecular weight excluding hydrogens is 358 g/mol. The van der Waals surface area contributed by atoms with Crippen LogP contribution < -0.4 is 0 Å². The highest BCUT2D eigenvalue weighted by Crippen LogP contribution is 2.26. The van der Waals surface area contributed by atoms with Gasteiger partial charge in [-0.2, -0.15) is 0 Å². The van der Waals surface area contributed by atoms with Gasteiger partial charge in [0.2, 0.25) is 5.91 Å². The highest BCUT2D eigenvalue weighted by atomic mass is 35.5. The molecule has 140 valence electrons. The standard InChI is InChI=1S/C22H24ClN3O/c1-16-19(20-13-18(23)7-8-21(20)24-16)14-22(27)26-11-9-25(10-12-26)15-17-5-3-2-4-6-17/h2-8,13,24H,9-12,14-15H2,1H3. The van der Waals surface area contributed by atoms with Gasteiger partial charge < -0.3 is 9.88 Å². The topological polar surface area (TPSA) is 39.3 Å². The molecular formula is C22H24ClN3O. The van der Waals surface area contributed by atoms with Gasteiger partial charge in [0, 0.05) is 54.3 Å². The summed E-state index contributed by atoms with van der Waals surface area (Å²) in [6, 6.07) is 16.3. The van der Waals surface area contributed by atoms with Crippen LogP contribution in [0.15, 0.2) is 48.5 Å². The van der Waals surface area contributed by atoms with Gasteiger partial charge in [0.15, 0.2) is 0 Å². The number of hydrogen-bond donors (Lipinski definition) is 1. The van der Waals surface area contributed by atoms with Crippen LogP contribution in [-0.4, -0.2) is 46.9 Å². The zero-order valence-corrected chi connectivity index (χ0v) is 16.3. The molecule has 1 fully saturated rings. The maximum atomic E-state index is 12.9. The van der Waals surface area contributed by atoms with E-state index in [0.717, 1.165) is 54.9 Å². The summed E-state index contributed by atoms with van der Waals surface area (Å²) in [7, 11) is 0. The zero-order chi connectivity index (χ0) is 18.8. The fourth-order valence-electron chi connectivity index (χ4n) is 3.84. The molecule has 0 saturated carbocycles. The van der Waals surface area contributed by atoms with Gasteiger partial charge >= 0.3 is 0 Å². The van der Waals surface area contributed by atoms with Gasteiger partial charge in [0.25, 0.3) is 0 Å². The fraction of sp³-hybridized carbons (Fsp3) is 0.318. The first-order chi connectivity index (χ1) is 13.1. The van der Waals surface area contributed by atoms with Crippen molar-refractivity contribution >= 4 is 28.4 Å². The van der Waals surface area contributed by atoms with Crippen molar-refractivity contribution in [1.82, 2.24) is 14.8 Å². The van der Waals surface area contributed by atoms with E-state index < -0.39 is 0 Å². The van der Waals surface area contributed by atoms with Crippen LogP contribution >= 0.6 is 11.6 Å². The third kappa shape index (κ3) is 4.02. The number of carbonyl (C=O) groups excluding carboxylic acids is 1. The number of benzene rings is 2. The summed E-state index contributed by atoms with van der Waals surface area (Å²) in [6.07, 6.45) is 0.421. The van der Waals surface area contributed by atoms with Crippen molar-refractivity contribution in [3.05, 3.63) is 70.4 Å². The molecule has 0 atom stereocenters. The minimum absolute atomic E-state index is 0.193. The number of aryl methyl sites for hydroxylation is 1. The summed E-state index contributed by atoms with van der Waals surface area (Å²) < 4.78 is 0. The average molecular weight is 382 g/mol. The van der Waals surface area contributed by atoms with Crippen molar-refractivity contribution in [3.8, 4) is 0 Å². The summed E-state index contributed by atoms with van der Waals surface area (Å²) in [5.74, 6) is 0.193. The number of piperazine rings is 1. The van der Waals surface area contributed by atoms with Crippen LogP contribution in [0.1, 0.15) is 16.8 Å². The van der Waals surface area contributed by atoms with Crippen molar-refractivity contribution in [1.29, 1.82) is 0 Å². The third-order valence-electron chi connectivity index (χ3n) is 5.38. The maximum absolute atomic E-state index is 12.9. The van der Waals surface area contributed by atoms with Crippen molar-refractivity contribution in [2.45, 2.75) is 19.9 Å². The molecule has 5 heteroatoms. The molecule has 0 spiro atoms. The van der Waals surface area contributed by atoms with Gasteiger partial charge in [-0.15, -0.1) is 0 Å². The highest BCUT2D eigenvalue weighted by molar-refractivity contribution is 6.31. The fourth-order valence-corrected chi connectivity index (χ4v) is 4.01. The number of rotatable bonds is 4. The minimum Gasteiger partial charge on any atom is -0.358 e. The molecule has 3 aromatic rings. The highest BCUT2D eigenvalue weighted by Gasteiger charge is 2.23. The molecule has 4 nitrogen and oxygen atoms in total. The Bertz CT molecular complexity index is 943. The second-order valence-corrected chi connectivity index (χ2v) is 7.67. The van der Waals surface area contributed by atoms with Crippen molar-refractivity contribution in [2.75, 3.05) is 26.2 Å². The van der Waals surface area contributed by atoms with Crippen LogP contribution in [-0.2, 0) is 17.8 Å². The number of fused-ring (bicyclic) bond motifs is 1. The zero-order valence-electron chi connectivity index (χ0n) is 15.5. The molecule has 0 unspecified atom stereocenters. The summed E-state index contributed by atoms with van der Waals surface area (Å²) in [4.78, 5) is 20.6. The molecule has 1 amide bonds. The van der Waals surface area contributed by atoms with E-state index in [1.807, 2.05) is 36.1 Å². The average Bonchev–Trinajstić information content (AvgIpc) is 2.98. The minimum atomic E-state index is 0.193. The summed E-state index contributed by atoms with van der Waals surface area (Å²) >= 11 is 6.15. The molecule has 4 rings (SSSR count). The van der Waals surface area contributed by atoms with Gasteiger partial charge in [-0.25, -0.2) is 0 Å². The molecule has 0 bridgehead atoms. The van der Waals surface area contributed by atoms with E-state index in [-0.39, 0.29) is 5.91 Å². The molecule has 0 radical (unpaired) electrons. The lowest BCUT2D eigenvalue weighted by atomic mass is 10.1. The number of nitrogens with zero attached hydrogens (tertiary/aromatic N) is 2. The predicted octanol–water partition coefficient (Wildman–Crippen LogP) is 4.02. The monoisotopic (exact) mass is 381 g/mol. The van der Waals surface area contributed by atoms with Crippen molar-refractivity contribution in [3.63, 3.8) is 0 Å². The van der Waals surface area contributed by atoms with Crippen LogP contribution in [0.25, 0.3) is 10.9 Å². The number of amides is 1. The number of aromatic amines is 1. The van der Waals surface area contributed by atoms with Gasteiger partial charge in [-0.3, -0.25) is 9.69 Å². The molecule has 27 heavy (non-hydrogen) atoms. The Kier molecular flexibility index (Phi) is 5.19. The Balaban J connectivity index is 1.39. The normalized spacial score (nSPS) is 15.4. The first-order valence-electron chi connectivity index (χ1n) is 9.41. The van der Waals surface area contributed by atoms with E-state index in [0.29, 0.717) is 11.4 Å². The van der Waals surface area contributed by atoms with Crippen LogP contribution in [0.4, 0.5) is 0 Å². The molecule has 2 heterocycles. The number of nitrogens with one attached hydrogen (secondary N) is 1. The van der Waals surface area contributed by atoms with E-state index in [9.17, 15) is 4.79 Å². The van der Waals surface area contributed by atoms with E-state index in [1.54, 1.807) is 0 Å². The van der Waals surface area contributed by atoms with Crippen LogP contribution in [0, 0.1) is 6.92 Å². The summed E-state index contributed by atoms with van der Waals surface area (Å²) in [5.41, 5.74) is 4.46. The number of H-pyrrole nitrogens is 1. The molecule has 1 aliphatic rings.